The van der Waals surface area contributed by atoms with Crippen molar-refractivity contribution in [2.24, 2.45) is 5.92 Å². The Bertz CT molecular complexity index is 757. The Morgan fingerprint density at radius 1 is 1.26 bits per heavy atom. The number of rotatable bonds is 2. The van der Waals surface area contributed by atoms with E-state index in [2.05, 4.69) is 30.4 Å². The highest BCUT2D eigenvalue weighted by Crippen LogP contribution is 2.35. The maximum Gasteiger partial charge on any atom is 0.0970 e. The normalized spacial score (nSPS) is 30.0. The number of benzene rings is 1. The lowest BCUT2D eigenvalue weighted by atomic mass is 9.92. The summed E-state index contributed by atoms with van der Waals surface area (Å²) in [5, 5.41) is 4.83. The summed E-state index contributed by atoms with van der Waals surface area (Å²) in [6.45, 7) is 2.70. The summed E-state index contributed by atoms with van der Waals surface area (Å²) < 4.78 is 23.9. The number of likely N-dealkylation sites (tertiary alicyclic amines) is 1. The molecule has 1 aromatic carbocycles. The summed E-state index contributed by atoms with van der Waals surface area (Å²) in [5.41, 5.74) is 2.44. The van der Waals surface area contributed by atoms with Gasteiger partial charge in [0.05, 0.1) is 15.2 Å². The lowest BCUT2D eigenvalue weighted by Gasteiger charge is -2.28. The summed E-state index contributed by atoms with van der Waals surface area (Å²) in [5.74, 6) is 1.16. The summed E-state index contributed by atoms with van der Waals surface area (Å²) in [4.78, 5) is 6.54. The van der Waals surface area contributed by atoms with Gasteiger partial charge < -0.3 is 10.2 Å². The Hall–Kier alpha value is -0.970. The molecule has 4 rings (SSSR count). The molecule has 1 unspecified atom stereocenters. The third-order valence-electron chi connectivity index (χ3n) is 5.34. The molecular weight excluding hydrogens is 302 g/mol. The van der Waals surface area contributed by atoms with E-state index in [1.54, 1.807) is 16.2 Å². The minimum absolute atomic E-state index is 0.392. The molecule has 3 nitrogen and oxygen atoms in total. The molecule has 2 saturated heterocycles. The number of piperidine rings is 2. The molecule has 1 aromatic heterocycles. The third-order valence-corrected chi connectivity index (χ3v) is 6.53. The van der Waals surface area contributed by atoms with E-state index < -0.39 is 6.98 Å². The second-order valence-electron chi connectivity index (χ2n) is 7.18. The summed E-state index contributed by atoms with van der Waals surface area (Å²) in [6, 6.07) is 7.15. The fraction of sp³-hybridized carbons (Fsp3) is 0.632. The molecule has 2 atom stereocenters. The van der Waals surface area contributed by atoms with Gasteiger partial charge in [-0.05, 0) is 75.9 Å². The van der Waals surface area contributed by atoms with Gasteiger partial charge in [-0.3, -0.25) is 0 Å². The molecule has 124 valence electrons. The number of nitrogens with zero attached hydrogens (tertiary/aromatic N) is 2. The first-order chi connectivity index (χ1) is 12.4. The van der Waals surface area contributed by atoms with Crippen LogP contribution in [0, 0.1) is 5.92 Å². The second kappa shape index (κ2) is 6.50. The fourth-order valence-corrected chi connectivity index (χ4v) is 4.88. The molecule has 2 aliphatic heterocycles. The standard InChI is InChI=1S/C19H27N3S/c1-13-3-5-16(20-12-13)15-4-6-18-17(11-15)21-19(23-18)14-7-9-22(2)10-8-14/h4,6,11,13-14,16,20H,3,5,7-10,12H2,1-2H3/t13-,16?/m0/s1/i2D3. The minimum Gasteiger partial charge on any atom is -0.310 e. The van der Waals surface area contributed by atoms with Gasteiger partial charge in [0, 0.05) is 16.1 Å². The highest BCUT2D eigenvalue weighted by molar-refractivity contribution is 7.18. The zero-order valence-corrected chi connectivity index (χ0v) is 14.5. The van der Waals surface area contributed by atoms with E-state index in [4.69, 9.17) is 9.10 Å². The Balaban J connectivity index is 1.48. The van der Waals surface area contributed by atoms with Gasteiger partial charge in [0.25, 0.3) is 0 Å². The molecule has 4 heteroatoms. The molecular formula is C19H27N3S. The number of hydrogen-bond donors (Lipinski definition) is 1. The van der Waals surface area contributed by atoms with Crippen molar-refractivity contribution >= 4 is 21.6 Å². The van der Waals surface area contributed by atoms with E-state index >= 15 is 0 Å². The van der Waals surface area contributed by atoms with Gasteiger partial charge in [-0.1, -0.05) is 13.0 Å². The van der Waals surface area contributed by atoms with Crippen molar-refractivity contribution in [1.82, 2.24) is 15.2 Å². The van der Waals surface area contributed by atoms with E-state index in [0.29, 0.717) is 25.0 Å². The van der Waals surface area contributed by atoms with Gasteiger partial charge >= 0.3 is 0 Å². The molecule has 2 fully saturated rings. The highest BCUT2D eigenvalue weighted by atomic mass is 32.1. The van der Waals surface area contributed by atoms with Gasteiger partial charge in [0.15, 0.2) is 0 Å². The molecule has 2 aliphatic rings. The minimum atomic E-state index is -1.96. The third kappa shape index (κ3) is 3.30. The second-order valence-corrected chi connectivity index (χ2v) is 8.25. The topological polar surface area (TPSA) is 28.2 Å². The van der Waals surface area contributed by atoms with Crippen LogP contribution in [0.4, 0.5) is 0 Å². The molecule has 23 heavy (non-hydrogen) atoms. The van der Waals surface area contributed by atoms with Crippen molar-refractivity contribution < 1.29 is 4.11 Å². The predicted molar refractivity (Wildman–Crippen MR) is 98.2 cm³/mol. The van der Waals surface area contributed by atoms with Crippen LogP contribution < -0.4 is 5.32 Å². The van der Waals surface area contributed by atoms with Crippen LogP contribution >= 0.6 is 11.3 Å². The van der Waals surface area contributed by atoms with Crippen LogP contribution in [-0.2, 0) is 0 Å². The Labute approximate surface area is 147 Å². The fourth-order valence-electron chi connectivity index (χ4n) is 3.76. The smallest absolute Gasteiger partial charge is 0.0970 e. The SMILES string of the molecule is [2H]C([2H])([2H])N1CCC(c2nc3cc(C4CC[C@H](C)CN4)ccc3s2)CC1. The Kier molecular flexibility index (Phi) is 3.50. The molecule has 2 aromatic rings. The van der Waals surface area contributed by atoms with Crippen molar-refractivity contribution in [3.05, 3.63) is 28.8 Å². The van der Waals surface area contributed by atoms with E-state index in [9.17, 15) is 0 Å². The van der Waals surface area contributed by atoms with Crippen LogP contribution in [0.2, 0.25) is 0 Å². The first-order valence-corrected chi connectivity index (χ1v) is 9.60. The first-order valence-electron chi connectivity index (χ1n) is 10.3. The van der Waals surface area contributed by atoms with Crippen molar-refractivity contribution in [2.75, 3.05) is 26.6 Å². The lowest BCUT2D eigenvalue weighted by molar-refractivity contribution is 0.255. The van der Waals surface area contributed by atoms with Crippen LogP contribution in [0.3, 0.4) is 0 Å². The van der Waals surface area contributed by atoms with E-state index in [0.717, 1.165) is 30.8 Å². The van der Waals surface area contributed by atoms with Crippen LogP contribution in [-0.4, -0.2) is 36.5 Å². The van der Waals surface area contributed by atoms with Gasteiger partial charge in [-0.15, -0.1) is 11.3 Å². The maximum atomic E-state index is 7.56. The molecule has 1 N–H and O–H groups in total. The molecule has 0 radical (unpaired) electrons. The zero-order valence-electron chi connectivity index (χ0n) is 16.7. The molecule has 3 heterocycles. The molecule has 0 aliphatic carbocycles. The number of hydrogen-bond acceptors (Lipinski definition) is 4. The van der Waals surface area contributed by atoms with Gasteiger partial charge in [-0.2, -0.15) is 0 Å². The van der Waals surface area contributed by atoms with Crippen molar-refractivity contribution in [3.63, 3.8) is 0 Å². The van der Waals surface area contributed by atoms with Crippen molar-refractivity contribution in [2.45, 2.75) is 44.6 Å². The quantitative estimate of drug-likeness (QED) is 0.895. The van der Waals surface area contributed by atoms with Crippen LogP contribution in [0.1, 0.15) is 59.3 Å². The largest absolute Gasteiger partial charge is 0.310 e. The molecule has 0 spiro atoms. The zero-order chi connectivity index (χ0) is 18.3. The van der Waals surface area contributed by atoms with Gasteiger partial charge in [0.1, 0.15) is 0 Å². The van der Waals surface area contributed by atoms with Crippen molar-refractivity contribution in [3.8, 4) is 0 Å². The average Bonchev–Trinajstić information content (AvgIpc) is 3.05. The number of thiazole rings is 1. The number of fused-ring (bicyclic) bond motifs is 1. The number of aromatic nitrogens is 1. The monoisotopic (exact) mass is 332 g/mol. The van der Waals surface area contributed by atoms with Crippen molar-refractivity contribution in [1.29, 1.82) is 0 Å². The Morgan fingerprint density at radius 3 is 2.87 bits per heavy atom. The number of nitrogens with one attached hydrogen (secondary N) is 1. The van der Waals surface area contributed by atoms with Crippen LogP contribution in [0.25, 0.3) is 10.2 Å². The predicted octanol–water partition coefficient (Wildman–Crippen LogP) is 4.17. The van der Waals surface area contributed by atoms with Crippen LogP contribution in [0.5, 0.6) is 0 Å². The highest BCUT2D eigenvalue weighted by Gasteiger charge is 2.23. The van der Waals surface area contributed by atoms with Gasteiger partial charge in [0.2, 0.25) is 0 Å². The van der Waals surface area contributed by atoms with E-state index in [1.807, 2.05) is 0 Å². The molecule has 0 amide bonds. The lowest BCUT2D eigenvalue weighted by Crippen LogP contribution is -2.31. The summed E-state index contributed by atoms with van der Waals surface area (Å²) in [7, 11) is 0. The Morgan fingerprint density at radius 2 is 2.13 bits per heavy atom. The summed E-state index contributed by atoms with van der Waals surface area (Å²) in [6.07, 6.45) is 4.23. The van der Waals surface area contributed by atoms with E-state index in [1.165, 1.54) is 28.1 Å². The molecule has 0 bridgehead atoms. The average molecular weight is 333 g/mol. The summed E-state index contributed by atoms with van der Waals surface area (Å²) >= 11 is 1.78. The maximum absolute atomic E-state index is 7.56. The van der Waals surface area contributed by atoms with Crippen LogP contribution in [0.15, 0.2) is 18.2 Å². The molecule has 0 saturated carbocycles. The van der Waals surface area contributed by atoms with E-state index in [-0.39, 0.29) is 0 Å². The first kappa shape index (κ1) is 12.4. The van der Waals surface area contributed by atoms with Gasteiger partial charge in [-0.25, -0.2) is 4.98 Å².